The zero-order valence-corrected chi connectivity index (χ0v) is 10.5. The predicted octanol–water partition coefficient (Wildman–Crippen LogP) is 2.72. The van der Waals surface area contributed by atoms with Gasteiger partial charge in [0.1, 0.15) is 11.5 Å². The van der Waals surface area contributed by atoms with Crippen molar-refractivity contribution >= 4 is 11.4 Å². The summed E-state index contributed by atoms with van der Waals surface area (Å²) in [5, 5.41) is 1.59. The summed E-state index contributed by atoms with van der Waals surface area (Å²) in [5.74, 6) is 7.62. The Kier molecular flexibility index (Phi) is 3.69. The van der Waals surface area contributed by atoms with Crippen molar-refractivity contribution in [1.82, 2.24) is 0 Å². The Labute approximate surface area is 107 Å². The summed E-state index contributed by atoms with van der Waals surface area (Å²) in [5.41, 5.74) is 1.70. The largest absolute Gasteiger partial charge is 0.497 e. The number of hydrogen-bond donors (Lipinski definition) is 1. The van der Waals surface area contributed by atoms with Crippen molar-refractivity contribution in [3.63, 3.8) is 0 Å². The van der Waals surface area contributed by atoms with E-state index in [0.29, 0.717) is 0 Å². The van der Waals surface area contributed by atoms with Crippen LogP contribution in [0, 0.1) is 0 Å². The molecule has 0 aliphatic heterocycles. The zero-order valence-electron chi connectivity index (χ0n) is 10.5. The van der Waals surface area contributed by atoms with Crippen molar-refractivity contribution in [2.75, 3.05) is 19.2 Å². The lowest BCUT2D eigenvalue weighted by Gasteiger charge is -2.19. The molecule has 0 unspecified atom stereocenters. The van der Waals surface area contributed by atoms with E-state index in [0.717, 1.165) is 22.9 Å². The minimum absolute atomic E-state index is 0.769. The molecule has 0 amide bonds. The van der Waals surface area contributed by atoms with Crippen molar-refractivity contribution in [1.29, 1.82) is 0 Å². The van der Waals surface area contributed by atoms with Crippen molar-refractivity contribution < 1.29 is 9.47 Å². The smallest absolute Gasteiger partial charge is 0.120 e. The molecule has 0 fully saturated rings. The monoisotopic (exact) mass is 244 g/mol. The highest BCUT2D eigenvalue weighted by Crippen LogP contribution is 2.27. The lowest BCUT2D eigenvalue weighted by Crippen LogP contribution is -2.24. The van der Waals surface area contributed by atoms with E-state index in [4.69, 9.17) is 15.3 Å². The molecular formula is C14H16N2O2. The number of ether oxygens (including phenoxy) is 2. The molecule has 18 heavy (non-hydrogen) atoms. The normalized spacial score (nSPS) is 9.94. The van der Waals surface area contributed by atoms with Gasteiger partial charge in [-0.15, -0.1) is 0 Å². The average Bonchev–Trinajstić information content (AvgIpc) is 2.46. The third-order valence-corrected chi connectivity index (χ3v) is 2.66. The number of hydrazine groups is 1. The first-order valence-corrected chi connectivity index (χ1v) is 5.57. The highest BCUT2D eigenvalue weighted by molar-refractivity contribution is 5.64. The molecule has 0 atom stereocenters. The first-order valence-electron chi connectivity index (χ1n) is 5.57. The van der Waals surface area contributed by atoms with Crippen molar-refractivity contribution in [3.8, 4) is 11.5 Å². The van der Waals surface area contributed by atoms with Crippen LogP contribution < -0.4 is 20.3 Å². The summed E-state index contributed by atoms with van der Waals surface area (Å²) in [6.07, 6.45) is 0. The minimum Gasteiger partial charge on any atom is -0.497 e. The first kappa shape index (κ1) is 12.3. The van der Waals surface area contributed by atoms with Gasteiger partial charge >= 0.3 is 0 Å². The third kappa shape index (κ3) is 2.55. The maximum Gasteiger partial charge on any atom is 0.120 e. The molecule has 0 saturated carbocycles. The average molecular weight is 244 g/mol. The molecule has 94 valence electrons. The number of benzene rings is 2. The van der Waals surface area contributed by atoms with Gasteiger partial charge < -0.3 is 9.47 Å². The molecule has 0 aromatic heterocycles. The van der Waals surface area contributed by atoms with E-state index in [1.807, 2.05) is 48.5 Å². The van der Waals surface area contributed by atoms with E-state index >= 15 is 0 Å². The molecule has 2 rings (SSSR count). The Balaban J connectivity index is 2.31. The molecule has 2 N–H and O–H groups in total. The van der Waals surface area contributed by atoms with Crippen molar-refractivity contribution in [2.45, 2.75) is 0 Å². The van der Waals surface area contributed by atoms with Gasteiger partial charge in [0.05, 0.1) is 25.6 Å². The molecule has 0 spiro atoms. The summed E-state index contributed by atoms with van der Waals surface area (Å²) in [6, 6.07) is 15.1. The standard InChI is InChI=1S/C14H16N2O2/c1-17-13-7-3-5-11(9-13)16(15)12-6-4-8-14(10-12)18-2/h3-10H,15H2,1-2H3. The number of nitrogens with two attached hydrogens (primary N) is 1. The Morgan fingerprint density at radius 1 is 0.833 bits per heavy atom. The van der Waals surface area contributed by atoms with Gasteiger partial charge in [0.2, 0.25) is 0 Å². The molecule has 0 bridgehead atoms. The van der Waals surface area contributed by atoms with Gasteiger partial charge in [-0.05, 0) is 24.3 Å². The highest BCUT2D eigenvalue weighted by atomic mass is 16.5. The van der Waals surface area contributed by atoms with Crippen molar-refractivity contribution in [3.05, 3.63) is 48.5 Å². The second kappa shape index (κ2) is 5.42. The quantitative estimate of drug-likeness (QED) is 0.663. The van der Waals surface area contributed by atoms with Crippen LogP contribution >= 0.6 is 0 Å². The molecule has 2 aromatic carbocycles. The van der Waals surface area contributed by atoms with E-state index in [9.17, 15) is 0 Å². The Morgan fingerprint density at radius 3 is 1.67 bits per heavy atom. The lowest BCUT2D eigenvalue weighted by molar-refractivity contribution is 0.414. The molecule has 0 heterocycles. The van der Waals surface area contributed by atoms with E-state index in [1.165, 1.54) is 0 Å². The fourth-order valence-electron chi connectivity index (χ4n) is 1.67. The van der Waals surface area contributed by atoms with Crippen LogP contribution in [0.25, 0.3) is 0 Å². The van der Waals surface area contributed by atoms with Gasteiger partial charge in [-0.2, -0.15) is 0 Å². The molecular weight excluding hydrogens is 228 g/mol. The maximum atomic E-state index is 6.09. The van der Waals surface area contributed by atoms with E-state index < -0.39 is 0 Å². The molecule has 0 radical (unpaired) electrons. The summed E-state index contributed by atoms with van der Waals surface area (Å²) in [6.45, 7) is 0. The third-order valence-electron chi connectivity index (χ3n) is 2.66. The predicted molar refractivity (Wildman–Crippen MR) is 72.3 cm³/mol. The molecule has 2 aromatic rings. The van der Waals surface area contributed by atoms with E-state index in [2.05, 4.69) is 0 Å². The van der Waals surface area contributed by atoms with Crippen LogP contribution in [-0.2, 0) is 0 Å². The SMILES string of the molecule is COc1cccc(N(N)c2cccc(OC)c2)c1. The molecule has 0 aliphatic carbocycles. The molecule has 0 saturated heterocycles. The Bertz CT molecular complexity index is 481. The van der Waals surface area contributed by atoms with E-state index in [1.54, 1.807) is 19.2 Å². The number of methoxy groups -OCH3 is 2. The fraction of sp³-hybridized carbons (Fsp3) is 0.143. The van der Waals surface area contributed by atoms with Crippen LogP contribution in [0.15, 0.2) is 48.5 Å². The second-order valence-corrected chi connectivity index (χ2v) is 3.77. The van der Waals surface area contributed by atoms with Crippen LogP contribution in [0.5, 0.6) is 11.5 Å². The molecule has 4 heteroatoms. The zero-order chi connectivity index (χ0) is 13.0. The van der Waals surface area contributed by atoms with Gasteiger partial charge in [-0.3, -0.25) is 5.01 Å². The Hall–Kier alpha value is -2.20. The topological polar surface area (TPSA) is 47.7 Å². The van der Waals surface area contributed by atoms with Gasteiger partial charge in [0.25, 0.3) is 0 Å². The van der Waals surface area contributed by atoms with Gasteiger partial charge in [0.15, 0.2) is 0 Å². The first-order chi connectivity index (χ1) is 8.74. The number of rotatable bonds is 4. The van der Waals surface area contributed by atoms with Crippen LogP contribution in [-0.4, -0.2) is 14.2 Å². The van der Waals surface area contributed by atoms with Crippen LogP contribution in [0.1, 0.15) is 0 Å². The highest BCUT2D eigenvalue weighted by Gasteiger charge is 2.06. The number of hydrogen-bond acceptors (Lipinski definition) is 4. The van der Waals surface area contributed by atoms with E-state index in [-0.39, 0.29) is 0 Å². The summed E-state index contributed by atoms with van der Waals surface area (Å²) < 4.78 is 10.4. The second-order valence-electron chi connectivity index (χ2n) is 3.77. The lowest BCUT2D eigenvalue weighted by atomic mass is 10.2. The van der Waals surface area contributed by atoms with Gasteiger partial charge in [0, 0.05) is 12.1 Å². The number of nitrogens with zero attached hydrogens (tertiary/aromatic N) is 1. The fourth-order valence-corrected chi connectivity index (χ4v) is 1.67. The summed E-state index contributed by atoms with van der Waals surface area (Å²) in [4.78, 5) is 0. The summed E-state index contributed by atoms with van der Waals surface area (Å²) >= 11 is 0. The van der Waals surface area contributed by atoms with Crippen molar-refractivity contribution in [2.24, 2.45) is 5.84 Å². The minimum atomic E-state index is 0.769. The molecule has 4 nitrogen and oxygen atoms in total. The van der Waals surface area contributed by atoms with Crippen LogP contribution in [0.4, 0.5) is 11.4 Å². The van der Waals surface area contributed by atoms with Gasteiger partial charge in [-0.1, -0.05) is 12.1 Å². The van der Waals surface area contributed by atoms with Crippen LogP contribution in [0.3, 0.4) is 0 Å². The molecule has 0 aliphatic rings. The maximum absolute atomic E-state index is 6.09. The number of anilines is 2. The van der Waals surface area contributed by atoms with Crippen LogP contribution in [0.2, 0.25) is 0 Å². The summed E-state index contributed by atoms with van der Waals surface area (Å²) in [7, 11) is 3.26. The Morgan fingerprint density at radius 2 is 1.28 bits per heavy atom. The van der Waals surface area contributed by atoms with Gasteiger partial charge in [-0.25, -0.2) is 5.84 Å².